The molecular formula is C48H57ClF3N6O10PS3. The van der Waals surface area contributed by atoms with Crippen molar-refractivity contribution in [3.8, 4) is 11.3 Å². The lowest BCUT2D eigenvalue weighted by atomic mass is 9.97. The van der Waals surface area contributed by atoms with E-state index in [0.29, 0.717) is 92.3 Å². The number of carboxylic acids is 1. The van der Waals surface area contributed by atoms with Crippen molar-refractivity contribution in [3.05, 3.63) is 119 Å². The van der Waals surface area contributed by atoms with Crippen LogP contribution in [0.15, 0.2) is 107 Å². The number of piperidine rings is 1. The third-order valence-electron chi connectivity index (χ3n) is 12.8. The van der Waals surface area contributed by atoms with Gasteiger partial charge in [0.15, 0.2) is 0 Å². The lowest BCUT2D eigenvalue weighted by Crippen LogP contribution is -2.46. The number of thioether (sulfide) groups is 1. The number of nitrogens with zero attached hydrogens (tertiary/aromatic N) is 4. The number of benzene rings is 4. The summed E-state index contributed by atoms with van der Waals surface area (Å²) >= 11 is 7.66. The minimum atomic E-state index is -6.06. The molecule has 5 N–H and O–H groups in total. The summed E-state index contributed by atoms with van der Waals surface area (Å²) in [5, 5.41) is 17.6. The highest BCUT2D eigenvalue weighted by atomic mass is 35.5. The molecule has 2 aliphatic heterocycles. The van der Waals surface area contributed by atoms with Gasteiger partial charge in [-0.05, 0) is 119 Å². The summed E-state index contributed by atoms with van der Waals surface area (Å²) in [5.41, 5.74) is -2.93. The van der Waals surface area contributed by atoms with Gasteiger partial charge < -0.3 is 39.9 Å². The van der Waals surface area contributed by atoms with Gasteiger partial charge in [0.1, 0.15) is 10.5 Å². The third-order valence-corrected chi connectivity index (χ3v) is 17.0. The molecule has 2 saturated heterocycles. The van der Waals surface area contributed by atoms with Crippen LogP contribution in [0, 0.1) is 12.8 Å². The maximum atomic E-state index is 14.5. The first-order valence-electron chi connectivity index (χ1n) is 23.1. The van der Waals surface area contributed by atoms with E-state index in [1.54, 1.807) is 31.2 Å². The highest BCUT2D eigenvalue weighted by Gasteiger charge is 2.48. The summed E-state index contributed by atoms with van der Waals surface area (Å²) in [5.74, 6) is -0.839. The van der Waals surface area contributed by atoms with Crippen LogP contribution in [0.5, 0.6) is 0 Å². The monoisotopic (exact) mass is 1100 g/mol. The molecule has 1 aromatic heterocycles. The van der Waals surface area contributed by atoms with Crippen molar-refractivity contribution in [2.45, 2.75) is 73.5 Å². The molecule has 390 valence electrons. The van der Waals surface area contributed by atoms with Crippen LogP contribution < -0.4 is 19.8 Å². The van der Waals surface area contributed by atoms with E-state index in [1.165, 1.54) is 30.0 Å². The van der Waals surface area contributed by atoms with Gasteiger partial charge in [-0.25, -0.2) is 30.5 Å². The summed E-state index contributed by atoms with van der Waals surface area (Å²) < 4.78 is 115. The van der Waals surface area contributed by atoms with Gasteiger partial charge in [0.2, 0.25) is 10.9 Å². The van der Waals surface area contributed by atoms with E-state index in [2.05, 4.69) is 15.5 Å². The number of carbonyl (C=O) groups is 1. The normalized spacial score (nSPS) is 16.9. The molecule has 0 amide bonds. The van der Waals surface area contributed by atoms with Crippen LogP contribution in [0.4, 0.5) is 35.9 Å². The number of phosphoric acid groups is 1. The van der Waals surface area contributed by atoms with Gasteiger partial charge in [0.05, 0.1) is 35.1 Å². The fraction of sp³-hybridized carbons (Fsp3) is 0.396. The molecule has 5 aromatic rings. The number of rotatable bonds is 20. The number of likely N-dealkylation sites (tertiary alicyclic amines) is 1. The first kappa shape index (κ1) is 55.1. The molecule has 0 spiro atoms. The van der Waals surface area contributed by atoms with Crippen LogP contribution in [0.2, 0.25) is 5.02 Å². The van der Waals surface area contributed by atoms with Crippen molar-refractivity contribution in [3.63, 3.8) is 0 Å². The van der Waals surface area contributed by atoms with Gasteiger partial charge in [-0.1, -0.05) is 54.1 Å². The van der Waals surface area contributed by atoms with Crippen LogP contribution >= 0.6 is 31.2 Å². The zero-order valence-electron chi connectivity index (χ0n) is 39.5. The predicted molar refractivity (Wildman–Crippen MR) is 275 cm³/mol. The fourth-order valence-electron chi connectivity index (χ4n) is 9.30. The maximum absolute atomic E-state index is 14.5. The van der Waals surface area contributed by atoms with Gasteiger partial charge in [-0.2, -0.15) is 13.2 Å². The summed E-state index contributed by atoms with van der Waals surface area (Å²) in [4.78, 5) is 35.0. The lowest BCUT2D eigenvalue weighted by Gasteiger charge is -2.36. The minimum Gasteiger partial charge on any atom is -0.478 e. The average molecular weight is 1100 g/mol. The summed E-state index contributed by atoms with van der Waals surface area (Å²) in [6.07, 6.45) is 1.56. The summed E-state index contributed by atoms with van der Waals surface area (Å²) in [6, 6.07) is 24.7. The van der Waals surface area contributed by atoms with Gasteiger partial charge in [-0.3, -0.25) is 4.52 Å². The number of hydrogen-bond donors (Lipinski definition) is 6. The lowest BCUT2D eigenvalue weighted by molar-refractivity contribution is -0.0435. The SMILES string of the molecule is Cc1c(C(=O)O)c(N2CCN[C@H](c3ccc(N(c4ccc(N[C@H](CCN5CCC(COP(=O)(O)O)CC5)CSc5ccccc5)c(S(=O)(=O)C(F)(F)F)c4)[SH](=O)=O)cc3)C2)c(-c2ccc(Cl)cc2)n1C(C)C. The number of aromatic carboxylic acids is 1. The molecule has 0 radical (unpaired) electrons. The Hall–Kier alpha value is -4.61. The van der Waals surface area contributed by atoms with Crippen molar-refractivity contribution >= 4 is 80.6 Å². The number of piperazine rings is 1. The van der Waals surface area contributed by atoms with Crippen LogP contribution in [0.1, 0.15) is 66.8 Å². The first-order valence-corrected chi connectivity index (χ1v) is 28.6. The van der Waals surface area contributed by atoms with E-state index in [9.17, 15) is 44.5 Å². The Morgan fingerprint density at radius 3 is 2.24 bits per heavy atom. The molecule has 0 bridgehead atoms. The predicted octanol–water partition coefficient (Wildman–Crippen LogP) is 9.29. The largest absolute Gasteiger partial charge is 0.501 e. The van der Waals surface area contributed by atoms with Crippen molar-refractivity contribution in [2.75, 3.05) is 66.2 Å². The van der Waals surface area contributed by atoms with Crippen LogP contribution in [-0.2, 0) is 29.8 Å². The Kier molecular flexibility index (Phi) is 17.8. The van der Waals surface area contributed by atoms with E-state index >= 15 is 0 Å². The molecule has 4 aromatic carbocycles. The number of phosphoric ester groups is 1. The van der Waals surface area contributed by atoms with Crippen LogP contribution in [0.25, 0.3) is 11.3 Å². The zero-order chi connectivity index (χ0) is 52.1. The van der Waals surface area contributed by atoms with Crippen molar-refractivity contribution in [1.82, 2.24) is 14.8 Å². The molecule has 2 atom stereocenters. The summed E-state index contributed by atoms with van der Waals surface area (Å²) in [6.45, 7) is 8.48. The number of nitrogens with one attached hydrogen (secondary N) is 2. The van der Waals surface area contributed by atoms with Gasteiger partial charge in [-0.15, -0.1) is 11.8 Å². The van der Waals surface area contributed by atoms with E-state index < -0.39 is 51.0 Å². The Balaban J connectivity index is 1.15. The molecule has 72 heavy (non-hydrogen) atoms. The number of alkyl halides is 3. The molecule has 24 heteroatoms. The quantitative estimate of drug-likeness (QED) is 0.0244. The molecule has 0 unspecified atom stereocenters. The van der Waals surface area contributed by atoms with Crippen molar-refractivity contribution < 1.29 is 58.8 Å². The van der Waals surface area contributed by atoms with E-state index in [1.807, 2.05) is 65.8 Å². The average Bonchev–Trinajstić information content (AvgIpc) is 3.65. The molecular weight excluding hydrogens is 1040 g/mol. The van der Waals surface area contributed by atoms with Crippen molar-refractivity contribution in [2.24, 2.45) is 5.92 Å². The zero-order valence-corrected chi connectivity index (χ0v) is 43.7. The number of sulfone groups is 1. The summed E-state index contributed by atoms with van der Waals surface area (Å²) in [7, 11) is -14.3. The van der Waals surface area contributed by atoms with Crippen LogP contribution in [-0.4, -0.2) is 110 Å². The molecule has 2 aliphatic rings. The van der Waals surface area contributed by atoms with Gasteiger partial charge in [0.25, 0.3) is 9.84 Å². The number of thiol groups is 1. The second-order valence-corrected chi connectivity index (χ2v) is 23.5. The Bertz CT molecular complexity index is 2930. The number of aromatic nitrogens is 1. The molecule has 3 heterocycles. The highest BCUT2D eigenvalue weighted by molar-refractivity contribution is 7.99. The third kappa shape index (κ3) is 13.2. The number of carboxylic acid groups (broad SMARTS) is 1. The number of anilines is 4. The molecule has 7 rings (SSSR count). The van der Waals surface area contributed by atoms with Crippen molar-refractivity contribution in [1.29, 1.82) is 0 Å². The molecule has 2 fully saturated rings. The smallest absolute Gasteiger partial charge is 0.478 e. The second kappa shape index (κ2) is 23.3. The van der Waals surface area contributed by atoms with Crippen LogP contribution in [0.3, 0.4) is 0 Å². The molecule has 0 aliphatic carbocycles. The Morgan fingerprint density at radius 2 is 1.64 bits per heavy atom. The minimum absolute atomic E-state index is 0.0237. The Morgan fingerprint density at radius 1 is 0.986 bits per heavy atom. The topological polar surface area (TPSA) is 211 Å². The molecule has 16 nitrogen and oxygen atoms in total. The number of halogens is 4. The number of hydrogen-bond acceptors (Lipinski definition) is 12. The Labute approximate surface area is 427 Å². The standard InChI is InChI=1S/C48H57ClF3N6O10PS3/c1-31(2)57-32(3)44(47(59)60)46(45(57)35-9-13-36(49)14-10-35)56-26-22-53-42(28-56)34-11-15-38(16-12-34)58(71(64)65)39-17-18-41(43(27-39)72(66,67)48(50,51)52)54-37(30-70-40-7-5-4-6-8-40)21-25-55-23-19-33(20-24-55)29-68-69(61,62)63/h4-18,27,31,33,37,42,53-54,71H,19-26,28-30H2,1-3H3,(H,59,60)(H2,61,62,63)/t37-,42+/m1/s1. The van der Waals surface area contributed by atoms with E-state index in [-0.39, 0.29) is 47.2 Å². The molecule has 0 saturated carbocycles. The van der Waals surface area contributed by atoms with Gasteiger partial charge in [0, 0.05) is 71.2 Å². The highest BCUT2D eigenvalue weighted by Crippen LogP contribution is 2.44. The van der Waals surface area contributed by atoms with Gasteiger partial charge >= 0.3 is 19.3 Å². The van der Waals surface area contributed by atoms with E-state index in [0.717, 1.165) is 26.5 Å². The maximum Gasteiger partial charge on any atom is 0.501 e. The second-order valence-electron chi connectivity index (χ2n) is 18.0. The fourth-order valence-corrected chi connectivity index (χ4v) is 12.4. The van der Waals surface area contributed by atoms with E-state index in [4.69, 9.17) is 25.9 Å². The first-order chi connectivity index (χ1) is 34.0.